The molecule has 0 aromatic carbocycles. The maximum Gasteiger partial charge on any atom is 0.246 e. The lowest BCUT2D eigenvalue weighted by molar-refractivity contribution is -0.117. The van der Waals surface area contributed by atoms with Crippen molar-refractivity contribution in [2.24, 2.45) is 0 Å². The molecule has 12 heavy (non-hydrogen) atoms. The molecule has 0 aromatic heterocycles. The minimum atomic E-state index is -0.315. The molecule has 0 unspecified atom stereocenters. The highest BCUT2D eigenvalue weighted by Crippen LogP contribution is 2.17. The van der Waals surface area contributed by atoms with E-state index in [1.54, 1.807) is 0 Å². The molecular weight excluding hydrogens is 157 g/mol. The van der Waals surface area contributed by atoms with Crippen molar-refractivity contribution >= 4 is 5.91 Å². The molecule has 3 heteroatoms. The van der Waals surface area contributed by atoms with Gasteiger partial charge in [0.1, 0.15) is 0 Å². The maximum atomic E-state index is 11.6. The van der Waals surface area contributed by atoms with Gasteiger partial charge in [0.2, 0.25) is 5.91 Å². The summed E-state index contributed by atoms with van der Waals surface area (Å²) in [6.07, 6.45) is 6.87. The summed E-state index contributed by atoms with van der Waals surface area (Å²) in [5.41, 5.74) is 0. The largest absolute Gasteiger partial charge is 0.350 e. The van der Waals surface area contributed by atoms with Gasteiger partial charge in [-0.25, -0.2) is 4.39 Å². The first-order valence-corrected chi connectivity index (χ1v) is 4.40. The van der Waals surface area contributed by atoms with Crippen molar-refractivity contribution in [1.82, 2.24) is 5.32 Å². The van der Waals surface area contributed by atoms with Gasteiger partial charge in [0.15, 0.2) is 0 Å². The van der Waals surface area contributed by atoms with Crippen molar-refractivity contribution in [3.05, 3.63) is 12.4 Å². The zero-order chi connectivity index (χ0) is 8.81. The minimum absolute atomic E-state index is 0.266. The van der Waals surface area contributed by atoms with Gasteiger partial charge in [-0.3, -0.25) is 4.79 Å². The molecule has 0 spiro atoms. The van der Waals surface area contributed by atoms with Gasteiger partial charge in [-0.15, -0.1) is 0 Å². The maximum absolute atomic E-state index is 11.6. The normalized spacial score (nSPS) is 19.8. The Morgan fingerprint density at radius 3 is 2.58 bits per heavy atom. The molecule has 0 bridgehead atoms. The lowest BCUT2D eigenvalue weighted by Gasteiger charge is -2.21. The fraction of sp³-hybridized carbons (Fsp3) is 0.667. The molecule has 1 N–H and O–H groups in total. The number of amides is 1. The Bertz CT molecular complexity index is 173. The third-order valence-electron chi connectivity index (χ3n) is 2.17. The van der Waals surface area contributed by atoms with E-state index in [9.17, 15) is 9.18 Å². The topological polar surface area (TPSA) is 29.1 Å². The Kier molecular flexibility index (Phi) is 3.77. The van der Waals surface area contributed by atoms with Crippen molar-refractivity contribution < 1.29 is 9.18 Å². The zero-order valence-corrected chi connectivity index (χ0v) is 7.05. The van der Waals surface area contributed by atoms with E-state index >= 15 is 0 Å². The highest BCUT2D eigenvalue weighted by Gasteiger charge is 2.13. The van der Waals surface area contributed by atoms with E-state index in [-0.39, 0.29) is 18.3 Å². The lowest BCUT2D eigenvalue weighted by Crippen LogP contribution is -2.34. The van der Waals surface area contributed by atoms with Gasteiger partial charge in [0, 0.05) is 12.1 Å². The van der Waals surface area contributed by atoms with Crippen LogP contribution in [-0.2, 0) is 4.79 Å². The molecule has 1 amide bonds. The summed E-state index contributed by atoms with van der Waals surface area (Å²) in [6, 6.07) is 0.266. The molecule has 1 aliphatic rings. The van der Waals surface area contributed by atoms with E-state index in [0.29, 0.717) is 0 Å². The van der Waals surface area contributed by atoms with E-state index < -0.39 is 0 Å². The second-order valence-corrected chi connectivity index (χ2v) is 3.14. The molecule has 2 nitrogen and oxygen atoms in total. The van der Waals surface area contributed by atoms with Gasteiger partial charge in [-0.1, -0.05) is 19.3 Å². The van der Waals surface area contributed by atoms with Crippen LogP contribution in [0, 0.1) is 0 Å². The smallest absolute Gasteiger partial charge is 0.246 e. The summed E-state index contributed by atoms with van der Waals surface area (Å²) in [4.78, 5) is 10.9. The SMILES string of the molecule is O=C(/C=C/F)NC1CCCCC1. The van der Waals surface area contributed by atoms with E-state index in [0.717, 1.165) is 18.9 Å². The Balaban J connectivity index is 2.24. The number of hydrogen-bond acceptors (Lipinski definition) is 1. The Hall–Kier alpha value is -0.860. The minimum Gasteiger partial charge on any atom is -0.350 e. The number of hydrogen-bond donors (Lipinski definition) is 1. The molecule has 0 aliphatic heterocycles. The molecule has 1 aliphatic carbocycles. The third kappa shape index (κ3) is 3.03. The van der Waals surface area contributed by atoms with Gasteiger partial charge in [0.05, 0.1) is 6.33 Å². The predicted molar refractivity (Wildman–Crippen MR) is 45.3 cm³/mol. The van der Waals surface area contributed by atoms with Crippen molar-refractivity contribution in [2.45, 2.75) is 38.1 Å². The quantitative estimate of drug-likeness (QED) is 0.632. The molecule has 0 aromatic rings. The van der Waals surface area contributed by atoms with Gasteiger partial charge >= 0.3 is 0 Å². The first kappa shape index (κ1) is 9.23. The Morgan fingerprint density at radius 1 is 1.33 bits per heavy atom. The van der Waals surface area contributed by atoms with Crippen LogP contribution < -0.4 is 5.32 Å². The number of nitrogens with one attached hydrogen (secondary N) is 1. The molecule has 0 atom stereocenters. The van der Waals surface area contributed by atoms with Crippen LogP contribution in [0.2, 0.25) is 0 Å². The number of carbonyl (C=O) groups is 1. The first-order chi connectivity index (χ1) is 5.83. The van der Waals surface area contributed by atoms with Crippen LogP contribution in [0.15, 0.2) is 12.4 Å². The zero-order valence-electron chi connectivity index (χ0n) is 7.05. The van der Waals surface area contributed by atoms with Crippen LogP contribution >= 0.6 is 0 Å². The van der Waals surface area contributed by atoms with Crippen LogP contribution in [0.3, 0.4) is 0 Å². The van der Waals surface area contributed by atoms with Crippen LogP contribution in [0.25, 0.3) is 0 Å². The van der Waals surface area contributed by atoms with Crippen LogP contribution in [-0.4, -0.2) is 11.9 Å². The average Bonchev–Trinajstić information content (AvgIpc) is 2.06. The second kappa shape index (κ2) is 4.91. The lowest BCUT2D eigenvalue weighted by atomic mass is 9.95. The second-order valence-electron chi connectivity index (χ2n) is 3.14. The van der Waals surface area contributed by atoms with Crippen LogP contribution in [0.1, 0.15) is 32.1 Å². The van der Waals surface area contributed by atoms with Gasteiger partial charge < -0.3 is 5.32 Å². The molecule has 1 fully saturated rings. The predicted octanol–water partition coefficient (Wildman–Crippen LogP) is 1.92. The number of carbonyl (C=O) groups excluding carboxylic acids is 1. The number of rotatable bonds is 2. The molecule has 0 radical (unpaired) electrons. The van der Waals surface area contributed by atoms with Crippen LogP contribution in [0.5, 0.6) is 0 Å². The van der Waals surface area contributed by atoms with E-state index in [1.807, 2.05) is 0 Å². The fourth-order valence-corrected chi connectivity index (χ4v) is 1.55. The van der Waals surface area contributed by atoms with Crippen molar-refractivity contribution in [2.75, 3.05) is 0 Å². The van der Waals surface area contributed by atoms with Gasteiger partial charge in [-0.2, -0.15) is 0 Å². The first-order valence-electron chi connectivity index (χ1n) is 4.40. The summed E-state index contributed by atoms with van der Waals surface area (Å²) in [5.74, 6) is -0.315. The Morgan fingerprint density at radius 2 is 2.00 bits per heavy atom. The molecule has 1 rings (SSSR count). The standard InChI is InChI=1S/C9H14FNO/c10-7-6-9(12)11-8-4-2-1-3-5-8/h6-8H,1-5H2,(H,11,12)/b7-6+. The van der Waals surface area contributed by atoms with Crippen molar-refractivity contribution in [3.8, 4) is 0 Å². The molecule has 0 heterocycles. The fourth-order valence-electron chi connectivity index (χ4n) is 1.55. The van der Waals surface area contributed by atoms with E-state index in [4.69, 9.17) is 0 Å². The van der Waals surface area contributed by atoms with Crippen molar-refractivity contribution in [3.63, 3.8) is 0 Å². The molecule has 68 valence electrons. The summed E-state index contributed by atoms with van der Waals surface area (Å²) in [5, 5.41) is 2.75. The summed E-state index contributed by atoms with van der Waals surface area (Å²) in [6.45, 7) is 0. The summed E-state index contributed by atoms with van der Waals surface area (Å²) < 4.78 is 11.6. The van der Waals surface area contributed by atoms with Crippen LogP contribution in [0.4, 0.5) is 4.39 Å². The summed E-state index contributed by atoms with van der Waals surface area (Å²) in [7, 11) is 0. The molecule has 1 saturated carbocycles. The van der Waals surface area contributed by atoms with Gasteiger partial charge in [0.25, 0.3) is 0 Å². The van der Waals surface area contributed by atoms with E-state index in [2.05, 4.69) is 5.32 Å². The van der Waals surface area contributed by atoms with Crippen molar-refractivity contribution in [1.29, 1.82) is 0 Å². The highest BCUT2D eigenvalue weighted by atomic mass is 19.1. The average molecular weight is 171 g/mol. The Labute approximate surface area is 71.8 Å². The van der Waals surface area contributed by atoms with E-state index in [1.165, 1.54) is 19.3 Å². The molecule has 0 saturated heterocycles. The third-order valence-corrected chi connectivity index (χ3v) is 2.17. The van der Waals surface area contributed by atoms with Gasteiger partial charge in [-0.05, 0) is 12.8 Å². The number of halogens is 1. The summed E-state index contributed by atoms with van der Waals surface area (Å²) >= 11 is 0. The molecular formula is C9H14FNO. The highest BCUT2D eigenvalue weighted by molar-refractivity contribution is 5.87. The monoisotopic (exact) mass is 171 g/mol.